The lowest BCUT2D eigenvalue weighted by Crippen LogP contribution is -2.28. The zero-order valence-corrected chi connectivity index (χ0v) is 31.9. The molecule has 274 valence electrons. The highest BCUT2D eigenvalue weighted by molar-refractivity contribution is 5.72. The highest BCUT2D eigenvalue weighted by Crippen LogP contribution is 2.22. The van der Waals surface area contributed by atoms with E-state index in [1.807, 2.05) is 0 Å². The minimum Gasteiger partial charge on any atom is -0.462 e. The maximum absolute atomic E-state index is 13.4. The first-order valence-electron chi connectivity index (χ1n) is 20.4. The Bertz CT molecular complexity index is 634. The fourth-order valence-electron chi connectivity index (χ4n) is 6.35. The molecule has 0 radical (unpaired) electrons. The summed E-state index contributed by atoms with van der Waals surface area (Å²) in [5.74, 6) is -0.217. The SMILES string of the molecule is CCCCCCCCCCCC(COC(=O)C(CCCCCCCCC)CCCCCCCCC)OC(=O)CCCCCN(C)C. The fraction of sp³-hybridized carbons (Fsp3) is 0.951. The van der Waals surface area contributed by atoms with Gasteiger partial charge in [0, 0.05) is 6.42 Å². The van der Waals surface area contributed by atoms with Gasteiger partial charge in [0.2, 0.25) is 0 Å². The number of hydrogen-bond donors (Lipinski definition) is 0. The summed E-state index contributed by atoms with van der Waals surface area (Å²) in [7, 11) is 4.17. The molecule has 0 fully saturated rings. The van der Waals surface area contributed by atoms with Gasteiger partial charge >= 0.3 is 11.9 Å². The minimum absolute atomic E-state index is 0.0213. The van der Waals surface area contributed by atoms with Crippen molar-refractivity contribution in [2.24, 2.45) is 5.92 Å². The minimum atomic E-state index is -0.319. The van der Waals surface area contributed by atoms with Gasteiger partial charge in [0.15, 0.2) is 0 Å². The molecule has 0 heterocycles. The number of rotatable bonds is 36. The molecular weight excluding hydrogens is 570 g/mol. The summed E-state index contributed by atoms with van der Waals surface area (Å²) < 4.78 is 11.9. The number of hydrogen-bond acceptors (Lipinski definition) is 5. The number of carbonyl (C=O) groups excluding carboxylic acids is 2. The number of esters is 2. The summed E-state index contributed by atoms with van der Waals surface area (Å²) in [5.41, 5.74) is 0. The van der Waals surface area contributed by atoms with Crippen molar-refractivity contribution in [1.29, 1.82) is 0 Å². The van der Waals surface area contributed by atoms with Crippen LogP contribution in [0, 0.1) is 5.92 Å². The van der Waals surface area contributed by atoms with Crippen molar-refractivity contribution in [2.75, 3.05) is 27.2 Å². The summed E-state index contributed by atoms with van der Waals surface area (Å²) in [6.07, 6.45) is 34.8. The van der Waals surface area contributed by atoms with Gasteiger partial charge in [0.05, 0.1) is 5.92 Å². The van der Waals surface area contributed by atoms with Gasteiger partial charge in [-0.3, -0.25) is 9.59 Å². The molecule has 0 aromatic rings. The van der Waals surface area contributed by atoms with Crippen molar-refractivity contribution >= 4 is 11.9 Å². The van der Waals surface area contributed by atoms with Gasteiger partial charge in [0.25, 0.3) is 0 Å². The van der Waals surface area contributed by atoms with Gasteiger partial charge in [-0.05, 0) is 59.2 Å². The van der Waals surface area contributed by atoms with E-state index in [4.69, 9.17) is 9.47 Å². The van der Waals surface area contributed by atoms with Crippen LogP contribution in [-0.2, 0) is 19.1 Å². The van der Waals surface area contributed by atoms with Crippen molar-refractivity contribution in [1.82, 2.24) is 4.90 Å². The molecule has 0 N–H and O–H groups in total. The monoisotopic (exact) mass is 652 g/mol. The lowest BCUT2D eigenvalue weighted by atomic mass is 9.94. The zero-order valence-electron chi connectivity index (χ0n) is 31.9. The van der Waals surface area contributed by atoms with Gasteiger partial charge in [-0.15, -0.1) is 0 Å². The Morgan fingerprint density at radius 2 is 0.891 bits per heavy atom. The van der Waals surface area contributed by atoms with E-state index in [1.165, 1.54) is 122 Å². The smallest absolute Gasteiger partial charge is 0.309 e. The molecule has 46 heavy (non-hydrogen) atoms. The first kappa shape index (κ1) is 44.9. The largest absolute Gasteiger partial charge is 0.462 e. The van der Waals surface area contributed by atoms with E-state index in [1.54, 1.807) is 0 Å². The van der Waals surface area contributed by atoms with E-state index in [-0.39, 0.29) is 30.6 Å². The molecule has 0 rings (SSSR count). The molecule has 0 spiro atoms. The third-order valence-electron chi connectivity index (χ3n) is 9.47. The Labute approximate surface area is 288 Å². The summed E-state index contributed by atoms with van der Waals surface area (Å²) >= 11 is 0. The molecule has 1 unspecified atom stereocenters. The van der Waals surface area contributed by atoms with Gasteiger partial charge in [-0.2, -0.15) is 0 Å². The topological polar surface area (TPSA) is 55.8 Å². The maximum Gasteiger partial charge on any atom is 0.309 e. The second-order valence-corrected chi connectivity index (χ2v) is 14.5. The van der Waals surface area contributed by atoms with Crippen LogP contribution in [-0.4, -0.2) is 50.2 Å². The second kappa shape index (κ2) is 35.2. The zero-order chi connectivity index (χ0) is 33.9. The van der Waals surface area contributed by atoms with Crippen LogP contribution < -0.4 is 0 Å². The molecular formula is C41H81NO4. The highest BCUT2D eigenvalue weighted by atomic mass is 16.6. The number of nitrogens with zero attached hydrogens (tertiary/aromatic N) is 1. The molecule has 5 heteroatoms. The van der Waals surface area contributed by atoms with Crippen LogP contribution in [0.25, 0.3) is 0 Å². The van der Waals surface area contributed by atoms with Crippen molar-refractivity contribution in [3.05, 3.63) is 0 Å². The molecule has 0 saturated heterocycles. The van der Waals surface area contributed by atoms with E-state index < -0.39 is 0 Å². The number of carbonyl (C=O) groups is 2. The fourth-order valence-corrected chi connectivity index (χ4v) is 6.35. The Morgan fingerprint density at radius 3 is 1.33 bits per heavy atom. The Morgan fingerprint density at radius 1 is 0.500 bits per heavy atom. The molecule has 0 saturated carbocycles. The van der Waals surface area contributed by atoms with Gasteiger partial charge in [0.1, 0.15) is 12.7 Å². The molecule has 0 aliphatic carbocycles. The quantitative estimate of drug-likeness (QED) is 0.0498. The highest BCUT2D eigenvalue weighted by Gasteiger charge is 2.22. The van der Waals surface area contributed by atoms with Crippen LogP contribution in [0.4, 0.5) is 0 Å². The van der Waals surface area contributed by atoms with Crippen molar-refractivity contribution in [2.45, 2.75) is 219 Å². The van der Waals surface area contributed by atoms with E-state index in [9.17, 15) is 9.59 Å². The number of unbranched alkanes of at least 4 members (excludes halogenated alkanes) is 22. The van der Waals surface area contributed by atoms with Crippen LogP contribution in [0.5, 0.6) is 0 Å². The summed E-state index contributed by atoms with van der Waals surface area (Å²) in [4.78, 5) is 28.3. The number of ether oxygens (including phenoxy) is 2. The molecule has 0 bridgehead atoms. The van der Waals surface area contributed by atoms with Gasteiger partial charge in [-0.25, -0.2) is 0 Å². The van der Waals surface area contributed by atoms with Crippen molar-refractivity contribution in [3.8, 4) is 0 Å². The summed E-state index contributed by atoms with van der Waals surface area (Å²) in [6, 6.07) is 0. The van der Waals surface area contributed by atoms with Crippen LogP contribution >= 0.6 is 0 Å². The maximum atomic E-state index is 13.4. The summed E-state index contributed by atoms with van der Waals surface area (Å²) in [6.45, 7) is 8.04. The Hall–Kier alpha value is -1.10. The van der Waals surface area contributed by atoms with Crippen LogP contribution in [0.2, 0.25) is 0 Å². The van der Waals surface area contributed by atoms with Crippen LogP contribution in [0.3, 0.4) is 0 Å². The molecule has 0 aliphatic heterocycles. The molecule has 0 amide bonds. The third-order valence-corrected chi connectivity index (χ3v) is 9.47. The lowest BCUT2D eigenvalue weighted by Gasteiger charge is -2.21. The van der Waals surface area contributed by atoms with E-state index in [2.05, 4.69) is 39.8 Å². The molecule has 0 aromatic carbocycles. The molecule has 5 nitrogen and oxygen atoms in total. The van der Waals surface area contributed by atoms with Crippen molar-refractivity contribution < 1.29 is 19.1 Å². The van der Waals surface area contributed by atoms with Crippen LogP contribution in [0.1, 0.15) is 213 Å². The standard InChI is InChI=1S/C41H81NO4/c1-6-9-12-15-18-19-22-25-29-34-39(46-40(43)35-30-26-31-36-42(4)5)37-45-41(44)38(32-27-23-20-16-13-10-7-2)33-28-24-21-17-14-11-8-3/h38-39H,6-37H2,1-5H3. The van der Waals surface area contributed by atoms with Gasteiger partial charge in [-0.1, -0.05) is 168 Å². The second-order valence-electron chi connectivity index (χ2n) is 14.5. The first-order chi connectivity index (χ1) is 22.4. The Kier molecular flexibility index (Phi) is 34.4. The first-order valence-corrected chi connectivity index (χ1v) is 20.4. The third kappa shape index (κ3) is 31.5. The van der Waals surface area contributed by atoms with E-state index >= 15 is 0 Å². The summed E-state index contributed by atoms with van der Waals surface area (Å²) in [5, 5.41) is 0. The predicted octanol–water partition coefficient (Wildman–Crippen LogP) is 12.4. The van der Waals surface area contributed by atoms with E-state index in [0.29, 0.717) is 6.42 Å². The predicted molar refractivity (Wildman–Crippen MR) is 198 cm³/mol. The molecule has 1 atom stereocenters. The van der Waals surface area contributed by atoms with Gasteiger partial charge < -0.3 is 14.4 Å². The molecule has 0 aliphatic rings. The normalized spacial score (nSPS) is 12.2. The van der Waals surface area contributed by atoms with Crippen molar-refractivity contribution in [3.63, 3.8) is 0 Å². The lowest BCUT2D eigenvalue weighted by molar-refractivity contribution is -0.162. The average molecular weight is 652 g/mol. The van der Waals surface area contributed by atoms with Crippen LogP contribution in [0.15, 0.2) is 0 Å². The molecule has 0 aromatic heterocycles. The van der Waals surface area contributed by atoms with E-state index in [0.717, 1.165) is 70.8 Å². The average Bonchev–Trinajstić information content (AvgIpc) is 3.04. The Balaban J connectivity index is 4.88.